The fourth-order valence-corrected chi connectivity index (χ4v) is 7.12. The van der Waals surface area contributed by atoms with E-state index in [1.165, 1.54) is 30.6 Å². The van der Waals surface area contributed by atoms with Crippen molar-refractivity contribution >= 4 is 27.2 Å². The summed E-state index contributed by atoms with van der Waals surface area (Å²) in [4.78, 5) is 28.0. The number of rotatable bonds is 11. The third-order valence-electron chi connectivity index (χ3n) is 8.43. The number of aliphatic hydroxyl groups excluding tert-OH is 3. The Balaban J connectivity index is 1.25. The van der Waals surface area contributed by atoms with Crippen LogP contribution in [0.3, 0.4) is 0 Å². The van der Waals surface area contributed by atoms with Crippen molar-refractivity contribution in [2.75, 3.05) is 32.8 Å². The number of ether oxygens (including phenoxy) is 3. The molecule has 3 heterocycles. The average molecular weight is 649 g/mol. The van der Waals surface area contributed by atoms with Crippen molar-refractivity contribution in [2.24, 2.45) is 5.18 Å². The van der Waals surface area contributed by atoms with Crippen LogP contribution in [0.25, 0.3) is 20.5 Å². The van der Waals surface area contributed by atoms with Gasteiger partial charge in [-0.3, -0.25) is 9.69 Å². The maximum atomic E-state index is 14.1. The molecule has 2 aliphatic heterocycles. The van der Waals surface area contributed by atoms with Crippen LogP contribution in [0.15, 0.2) is 71.9 Å². The number of carbonyl (C=O) groups excluding carboxylic acids is 1. The molecule has 2 saturated heterocycles. The Morgan fingerprint density at radius 1 is 0.913 bits per heavy atom. The summed E-state index contributed by atoms with van der Waals surface area (Å²) >= 11 is 1.36. The maximum Gasteiger partial charge on any atom is 0.229 e. The molecule has 4 aromatic rings. The summed E-state index contributed by atoms with van der Waals surface area (Å²) in [7, 11) is 0. The van der Waals surface area contributed by atoms with Gasteiger partial charge in [-0.2, -0.15) is 4.91 Å². The molecule has 0 amide bonds. The fourth-order valence-electron chi connectivity index (χ4n) is 5.89. The van der Waals surface area contributed by atoms with Crippen molar-refractivity contribution in [1.82, 2.24) is 4.90 Å². The van der Waals surface area contributed by atoms with Gasteiger partial charge in [0.15, 0.2) is 5.78 Å². The summed E-state index contributed by atoms with van der Waals surface area (Å²) in [5, 5.41) is 44.2. The van der Waals surface area contributed by atoms with Gasteiger partial charge in [0.25, 0.3) is 0 Å². The number of piperidine rings is 1. The SMILES string of the molecule is O=NCC1OC(Oc2ccc3c(C(=O)c4ccc(OCCN5CCCCC5)cc4)c(-c4ccc(O)cc4)sc3c2)C(O)C(O)C1O. The minimum Gasteiger partial charge on any atom is -0.508 e. The van der Waals surface area contributed by atoms with E-state index < -0.39 is 37.3 Å². The van der Waals surface area contributed by atoms with E-state index in [1.807, 2.05) is 0 Å². The van der Waals surface area contributed by atoms with E-state index in [0.29, 0.717) is 38.4 Å². The molecule has 242 valence electrons. The molecule has 0 radical (unpaired) electrons. The quantitative estimate of drug-likeness (QED) is 0.136. The van der Waals surface area contributed by atoms with E-state index in [0.717, 1.165) is 25.2 Å². The topological polar surface area (TPSA) is 158 Å². The van der Waals surface area contributed by atoms with Crippen molar-refractivity contribution in [3.63, 3.8) is 0 Å². The van der Waals surface area contributed by atoms with Gasteiger partial charge >= 0.3 is 0 Å². The minimum atomic E-state index is -1.60. The van der Waals surface area contributed by atoms with E-state index in [1.54, 1.807) is 66.7 Å². The number of phenolic OH excluding ortho intramolecular Hbond substituents is 1. The molecule has 46 heavy (non-hydrogen) atoms. The van der Waals surface area contributed by atoms with Gasteiger partial charge in [-0.25, -0.2) is 0 Å². The third kappa shape index (κ3) is 6.92. The monoisotopic (exact) mass is 648 g/mol. The van der Waals surface area contributed by atoms with Crippen LogP contribution in [0, 0.1) is 4.91 Å². The first-order valence-electron chi connectivity index (χ1n) is 15.3. The Bertz CT molecular complexity index is 1650. The van der Waals surface area contributed by atoms with Gasteiger partial charge in [0.2, 0.25) is 6.29 Å². The number of benzene rings is 3. The molecule has 0 aliphatic carbocycles. The molecular weight excluding hydrogens is 612 g/mol. The summed E-state index contributed by atoms with van der Waals surface area (Å²) in [5.41, 5.74) is 1.72. The van der Waals surface area contributed by atoms with Crippen LogP contribution in [0.2, 0.25) is 0 Å². The summed E-state index contributed by atoms with van der Waals surface area (Å²) in [6, 6.07) is 18.8. The predicted molar refractivity (Wildman–Crippen MR) is 173 cm³/mol. The number of fused-ring (bicyclic) bond motifs is 1. The lowest BCUT2D eigenvalue weighted by Crippen LogP contribution is -2.59. The molecule has 2 aliphatic rings. The maximum absolute atomic E-state index is 14.1. The van der Waals surface area contributed by atoms with Gasteiger partial charge < -0.3 is 34.6 Å². The third-order valence-corrected chi connectivity index (χ3v) is 9.64. The van der Waals surface area contributed by atoms with Crippen LogP contribution in [-0.4, -0.2) is 94.6 Å². The zero-order valence-electron chi connectivity index (χ0n) is 25.0. The number of aliphatic hydroxyl groups is 3. The highest BCUT2D eigenvalue weighted by atomic mass is 32.1. The number of hydrogen-bond donors (Lipinski definition) is 4. The smallest absolute Gasteiger partial charge is 0.229 e. The van der Waals surface area contributed by atoms with E-state index in [4.69, 9.17) is 14.2 Å². The van der Waals surface area contributed by atoms with E-state index in [9.17, 15) is 30.1 Å². The average Bonchev–Trinajstić information content (AvgIpc) is 3.45. The molecule has 6 rings (SSSR count). The highest BCUT2D eigenvalue weighted by Crippen LogP contribution is 2.42. The van der Waals surface area contributed by atoms with Gasteiger partial charge in [0, 0.05) is 32.6 Å². The Labute approximate surface area is 269 Å². The number of likely N-dealkylation sites (tertiary alicyclic amines) is 1. The molecule has 2 fully saturated rings. The number of nitrogens with zero attached hydrogens (tertiary/aromatic N) is 2. The fraction of sp³-hybridized carbons (Fsp3) is 0.382. The van der Waals surface area contributed by atoms with Crippen molar-refractivity contribution < 1.29 is 39.4 Å². The standard InChI is InChI=1S/C34H36N2O9S/c37-22-8-4-21(5-9-22)33-28(29(38)20-6-10-23(11-7-20)43-17-16-36-14-2-1-3-15-36)25-13-12-24(18-27(25)46-33)44-34-32(41)31(40)30(39)26(45-34)19-35-42/h4-13,18,26,30-32,34,37,39-41H,1-3,14-17,19H2. The lowest BCUT2D eigenvalue weighted by Gasteiger charge is -2.39. The van der Waals surface area contributed by atoms with Crippen LogP contribution in [-0.2, 0) is 4.74 Å². The number of phenols is 1. The Kier molecular flexibility index (Phi) is 9.92. The zero-order valence-corrected chi connectivity index (χ0v) is 25.8. The van der Waals surface area contributed by atoms with Gasteiger partial charge in [0.1, 0.15) is 54.8 Å². The van der Waals surface area contributed by atoms with Gasteiger partial charge in [-0.05, 0) is 98.2 Å². The second kappa shape index (κ2) is 14.2. The molecule has 3 aromatic carbocycles. The first-order chi connectivity index (χ1) is 22.3. The molecule has 0 spiro atoms. The molecule has 11 nitrogen and oxygen atoms in total. The normalized spacial score (nSPS) is 23.7. The largest absolute Gasteiger partial charge is 0.508 e. The van der Waals surface area contributed by atoms with Crippen LogP contribution in [0.4, 0.5) is 0 Å². The highest BCUT2D eigenvalue weighted by Gasteiger charge is 2.45. The minimum absolute atomic E-state index is 0.103. The number of nitroso groups, excluding NO2 is 1. The van der Waals surface area contributed by atoms with Crippen LogP contribution >= 0.6 is 11.3 Å². The van der Waals surface area contributed by atoms with Gasteiger partial charge in [-0.15, -0.1) is 11.3 Å². The molecule has 5 unspecified atom stereocenters. The van der Waals surface area contributed by atoms with E-state index >= 15 is 0 Å². The van der Waals surface area contributed by atoms with Gasteiger partial charge in [-0.1, -0.05) is 11.6 Å². The van der Waals surface area contributed by atoms with Crippen LogP contribution < -0.4 is 9.47 Å². The first kappa shape index (κ1) is 32.0. The summed E-state index contributed by atoms with van der Waals surface area (Å²) < 4.78 is 18.1. The number of aromatic hydroxyl groups is 1. The molecule has 5 atom stereocenters. The summed E-state index contributed by atoms with van der Waals surface area (Å²) in [6.45, 7) is 3.22. The van der Waals surface area contributed by atoms with E-state index in [-0.39, 0.29) is 17.3 Å². The molecule has 0 bridgehead atoms. The number of ketones is 1. The molecule has 12 heteroatoms. The number of thiophene rings is 1. The molecule has 1 aromatic heterocycles. The predicted octanol–water partition coefficient (Wildman–Crippen LogP) is 4.32. The second-order valence-electron chi connectivity index (χ2n) is 11.6. The van der Waals surface area contributed by atoms with Crippen LogP contribution in [0.5, 0.6) is 17.2 Å². The lowest BCUT2D eigenvalue weighted by atomic mass is 9.97. The Hall–Kier alpha value is -3.91. The van der Waals surface area contributed by atoms with Crippen molar-refractivity contribution in [2.45, 2.75) is 50.0 Å². The van der Waals surface area contributed by atoms with Crippen molar-refractivity contribution in [3.05, 3.63) is 82.8 Å². The second-order valence-corrected chi connectivity index (χ2v) is 12.6. The number of hydrogen-bond acceptors (Lipinski definition) is 12. The lowest BCUT2D eigenvalue weighted by molar-refractivity contribution is -0.269. The van der Waals surface area contributed by atoms with Crippen molar-refractivity contribution in [3.8, 4) is 27.7 Å². The molecule has 4 N–H and O–H groups in total. The Morgan fingerprint density at radius 3 is 2.35 bits per heavy atom. The number of carbonyl (C=O) groups is 1. The summed E-state index contributed by atoms with van der Waals surface area (Å²) in [5.74, 6) is 0.891. The van der Waals surface area contributed by atoms with E-state index in [2.05, 4.69) is 10.1 Å². The highest BCUT2D eigenvalue weighted by molar-refractivity contribution is 7.22. The zero-order chi connectivity index (χ0) is 32.2. The first-order valence-corrected chi connectivity index (χ1v) is 16.2. The van der Waals surface area contributed by atoms with Gasteiger partial charge in [0.05, 0.1) is 0 Å². The Morgan fingerprint density at radius 2 is 1.63 bits per heavy atom. The summed E-state index contributed by atoms with van der Waals surface area (Å²) in [6.07, 6.45) is -3.48. The molecular formula is C34H36N2O9S. The molecule has 0 saturated carbocycles. The van der Waals surface area contributed by atoms with Crippen molar-refractivity contribution in [1.29, 1.82) is 0 Å². The van der Waals surface area contributed by atoms with Crippen LogP contribution in [0.1, 0.15) is 35.2 Å².